The van der Waals surface area contributed by atoms with Gasteiger partial charge < -0.3 is 9.47 Å². The van der Waals surface area contributed by atoms with Crippen LogP contribution in [0.3, 0.4) is 0 Å². The van der Waals surface area contributed by atoms with Crippen molar-refractivity contribution in [1.29, 1.82) is 0 Å². The Morgan fingerprint density at radius 2 is 1.73 bits per heavy atom. The minimum Gasteiger partial charge on any atom is -0.454 e. The standard InChI is InChI=1S/C18H11BrO3/c19-16-7-15(8-17-18(16)22-10-21-17)14-4-3-12-5-11(9-20)1-2-13(12)6-14/h1-9H,10H2. The van der Waals surface area contributed by atoms with Crippen LogP contribution >= 0.6 is 15.9 Å². The fraction of sp³-hybridized carbons (Fsp3) is 0.0556. The van der Waals surface area contributed by atoms with E-state index in [1.807, 2.05) is 42.5 Å². The highest BCUT2D eigenvalue weighted by Gasteiger charge is 2.18. The minimum absolute atomic E-state index is 0.254. The molecule has 0 aliphatic carbocycles. The molecule has 1 aliphatic heterocycles. The maximum Gasteiger partial charge on any atom is 0.231 e. The van der Waals surface area contributed by atoms with Gasteiger partial charge in [-0.3, -0.25) is 4.79 Å². The van der Waals surface area contributed by atoms with Crippen LogP contribution in [-0.2, 0) is 0 Å². The SMILES string of the molecule is O=Cc1ccc2cc(-c3cc(Br)c4c(c3)OCO4)ccc2c1. The average molecular weight is 355 g/mol. The molecular weight excluding hydrogens is 344 g/mol. The average Bonchev–Trinajstić information content (AvgIpc) is 3.03. The second-order valence-electron chi connectivity index (χ2n) is 5.13. The quantitative estimate of drug-likeness (QED) is 0.619. The Kier molecular flexibility index (Phi) is 3.12. The predicted octanol–water partition coefficient (Wildman–Crippen LogP) is 4.81. The van der Waals surface area contributed by atoms with Crippen molar-refractivity contribution in [3.63, 3.8) is 0 Å². The van der Waals surface area contributed by atoms with Crippen molar-refractivity contribution in [3.8, 4) is 22.6 Å². The number of carbonyl (C=O) groups is 1. The van der Waals surface area contributed by atoms with Crippen LogP contribution in [0.15, 0.2) is 53.0 Å². The van der Waals surface area contributed by atoms with Crippen molar-refractivity contribution < 1.29 is 14.3 Å². The zero-order valence-electron chi connectivity index (χ0n) is 11.5. The van der Waals surface area contributed by atoms with E-state index in [2.05, 4.69) is 22.0 Å². The minimum atomic E-state index is 0.254. The molecule has 1 aliphatic rings. The van der Waals surface area contributed by atoms with Gasteiger partial charge in [-0.25, -0.2) is 0 Å². The van der Waals surface area contributed by atoms with Gasteiger partial charge in [-0.05, 0) is 62.1 Å². The van der Waals surface area contributed by atoms with E-state index in [-0.39, 0.29) is 6.79 Å². The maximum atomic E-state index is 10.9. The Bertz CT molecular complexity index is 902. The molecule has 3 nitrogen and oxygen atoms in total. The molecule has 4 heteroatoms. The van der Waals surface area contributed by atoms with Gasteiger partial charge in [-0.1, -0.05) is 24.3 Å². The molecule has 4 rings (SSSR count). The lowest BCUT2D eigenvalue weighted by Gasteiger charge is -2.07. The number of hydrogen-bond donors (Lipinski definition) is 0. The molecule has 0 bridgehead atoms. The molecule has 0 radical (unpaired) electrons. The van der Waals surface area contributed by atoms with Crippen LogP contribution in [0.2, 0.25) is 0 Å². The Hall–Kier alpha value is -2.33. The van der Waals surface area contributed by atoms with Crippen molar-refractivity contribution in [3.05, 3.63) is 58.6 Å². The van der Waals surface area contributed by atoms with Crippen molar-refractivity contribution in [2.45, 2.75) is 0 Å². The van der Waals surface area contributed by atoms with Gasteiger partial charge >= 0.3 is 0 Å². The van der Waals surface area contributed by atoms with Gasteiger partial charge in [0, 0.05) is 5.56 Å². The van der Waals surface area contributed by atoms with Gasteiger partial charge in [0.2, 0.25) is 6.79 Å². The summed E-state index contributed by atoms with van der Waals surface area (Å²) in [6, 6.07) is 15.9. The first-order valence-electron chi connectivity index (χ1n) is 6.83. The molecular formula is C18H11BrO3. The summed E-state index contributed by atoms with van der Waals surface area (Å²) in [4.78, 5) is 10.9. The molecule has 0 spiro atoms. The summed E-state index contributed by atoms with van der Waals surface area (Å²) in [6.45, 7) is 0.254. The van der Waals surface area contributed by atoms with Crippen LogP contribution < -0.4 is 9.47 Å². The second kappa shape index (κ2) is 5.14. The number of aldehydes is 1. The first-order valence-corrected chi connectivity index (χ1v) is 7.62. The number of fused-ring (bicyclic) bond motifs is 2. The summed E-state index contributed by atoms with van der Waals surface area (Å²) in [5.74, 6) is 1.50. The van der Waals surface area contributed by atoms with Crippen molar-refractivity contribution >= 4 is 33.0 Å². The molecule has 3 aromatic carbocycles. The molecule has 0 aromatic heterocycles. The predicted molar refractivity (Wildman–Crippen MR) is 88.6 cm³/mol. The molecule has 22 heavy (non-hydrogen) atoms. The van der Waals surface area contributed by atoms with Crippen LogP contribution in [0.4, 0.5) is 0 Å². The highest BCUT2D eigenvalue weighted by atomic mass is 79.9. The second-order valence-corrected chi connectivity index (χ2v) is 5.99. The lowest BCUT2D eigenvalue weighted by molar-refractivity contribution is 0.112. The third-order valence-electron chi connectivity index (χ3n) is 3.76. The topological polar surface area (TPSA) is 35.5 Å². The molecule has 0 atom stereocenters. The molecule has 0 unspecified atom stereocenters. The van der Waals surface area contributed by atoms with Gasteiger partial charge in [0.25, 0.3) is 0 Å². The lowest BCUT2D eigenvalue weighted by Crippen LogP contribution is -1.93. The summed E-state index contributed by atoms with van der Waals surface area (Å²) >= 11 is 3.52. The largest absolute Gasteiger partial charge is 0.454 e. The number of hydrogen-bond acceptors (Lipinski definition) is 3. The monoisotopic (exact) mass is 354 g/mol. The first kappa shape index (κ1) is 13.3. The highest BCUT2D eigenvalue weighted by molar-refractivity contribution is 9.10. The molecule has 0 saturated carbocycles. The summed E-state index contributed by atoms with van der Waals surface area (Å²) in [6.07, 6.45) is 0.863. The van der Waals surface area contributed by atoms with Gasteiger partial charge in [0.15, 0.2) is 11.5 Å². The van der Waals surface area contributed by atoms with E-state index in [4.69, 9.17) is 9.47 Å². The Morgan fingerprint density at radius 1 is 0.909 bits per heavy atom. The van der Waals surface area contributed by atoms with Gasteiger partial charge in [-0.2, -0.15) is 0 Å². The third-order valence-corrected chi connectivity index (χ3v) is 4.35. The molecule has 0 saturated heterocycles. The zero-order chi connectivity index (χ0) is 15.1. The third kappa shape index (κ3) is 2.16. The molecule has 1 heterocycles. The number of benzene rings is 3. The normalized spacial score (nSPS) is 12.6. The van der Waals surface area contributed by atoms with Gasteiger partial charge in [0.05, 0.1) is 4.47 Å². The molecule has 108 valence electrons. The molecule has 0 fully saturated rings. The van der Waals surface area contributed by atoms with Crippen LogP contribution in [0.25, 0.3) is 21.9 Å². The van der Waals surface area contributed by atoms with E-state index in [9.17, 15) is 4.79 Å². The zero-order valence-corrected chi connectivity index (χ0v) is 13.1. The smallest absolute Gasteiger partial charge is 0.231 e. The number of rotatable bonds is 2. The van der Waals surface area contributed by atoms with E-state index >= 15 is 0 Å². The summed E-state index contributed by atoms with van der Waals surface area (Å²) in [5.41, 5.74) is 2.83. The van der Waals surface area contributed by atoms with Gasteiger partial charge in [-0.15, -0.1) is 0 Å². The number of halogens is 1. The Labute approximate surface area is 135 Å². The van der Waals surface area contributed by atoms with Crippen LogP contribution in [0, 0.1) is 0 Å². The fourth-order valence-electron chi connectivity index (χ4n) is 2.65. The number of ether oxygens (including phenoxy) is 2. The van der Waals surface area contributed by atoms with E-state index < -0.39 is 0 Å². The van der Waals surface area contributed by atoms with Crippen molar-refractivity contribution in [2.24, 2.45) is 0 Å². The Morgan fingerprint density at radius 3 is 2.59 bits per heavy atom. The summed E-state index contributed by atoms with van der Waals surface area (Å²) in [5, 5.41) is 2.14. The molecule has 0 amide bonds. The lowest BCUT2D eigenvalue weighted by atomic mass is 10.00. The van der Waals surface area contributed by atoms with Crippen LogP contribution in [0.1, 0.15) is 10.4 Å². The van der Waals surface area contributed by atoms with E-state index in [0.29, 0.717) is 5.56 Å². The summed E-state index contributed by atoms with van der Waals surface area (Å²) in [7, 11) is 0. The van der Waals surface area contributed by atoms with Gasteiger partial charge in [0.1, 0.15) is 6.29 Å². The van der Waals surface area contributed by atoms with E-state index in [1.165, 1.54) is 0 Å². The maximum absolute atomic E-state index is 10.9. The van der Waals surface area contributed by atoms with Crippen LogP contribution in [0.5, 0.6) is 11.5 Å². The first-order chi connectivity index (χ1) is 10.7. The van der Waals surface area contributed by atoms with E-state index in [0.717, 1.165) is 44.2 Å². The summed E-state index contributed by atoms with van der Waals surface area (Å²) < 4.78 is 11.8. The highest BCUT2D eigenvalue weighted by Crippen LogP contribution is 2.42. The van der Waals surface area contributed by atoms with Crippen molar-refractivity contribution in [1.82, 2.24) is 0 Å². The fourth-order valence-corrected chi connectivity index (χ4v) is 3.21. The Balaban J connectivity index is 1.84. The number of carbonyl (C=O) groups excluding carboxylic acids is 1. The molecule has 0 N–H and O–H groups in total. The van der Waals surface area contributed by atoms with Crippen molar-refractivity contribution in [2.75, 3.05) is 6.79 Å². The van der Waals surface area contributed by atoms with E-state index in [1.54, 1.807) is 0 Å². The molecule has 3 aromatic rings. The van der Waals surface area contributed by atoms with Crippen LogP contribution in [-0.4, -0.2) is 13.1 Å².